The second kappa shape index (κ2) is 4.66. The molecule has 0 radical (unpaired) electrons. The van der Waals surface area contributed by atoms with Crippen molar-refractivity contribution in [2.75, 3.05) is 19.6 Å². The molecule has 1 heterocycles. The molecule has 1 rings (SSSR count). The Morgan fingerprint density at radius 3 is 2.42 bits per heavy atom. The lowest BCUT2D eigenvalue weighted by Gasteiger charge is -2.29. The molecule has 0 spiro atoms. The lowest BCUT2D eigenvalue weighted by Crippen LogP contribution is -2.32. The van der Waals surface area contributed by atoms with E-state index in [0.717, 1.165) is 12.5 Å². The molecule has 0 aromatic rings. The standard InChI is InChI=1S/C11H21N/c1-10(2)4-7-12-8-5-11(3)6-9-12/h4,11H,5-9H2,1-3H3. The van der Waals surface area contributed by atoms with Gasteiger partial charge in [0.1, 0.15) is 0 Å². The lowest BCUT2D eigenvalue weighted by atomic mass is 9.99. The van der Waals surface area contributed by atoms with Gasteiger partial charge in [0.15, 0.2) is 0 Å². The van der Waals surface area contributed by atoms with Crippen molar-refractivity contribution in [1.29, 1.82) is 0 Å². The number of piperidine rings is 1. The zero-order valence-corrected chi connectivity index (χ0v) is 8.64. The molecule has 0 amide bonds. The minimum absolute atomic E-state index is 0.952. The Hall–Kier alpha value is -0.300. The summed E-state index contributed by atoms with van der Waals surface area (Å²) >= 11 is 0. The molecule has 1 heteroatoms. The van der Waals surface area contributed by atoms with Crippen LogP contribution >= 0.6 is 0 Å². The van der Waals surface area contributed by atoms with Crippen molar-refractivity contribution >= 4 is 0 Å². The topological polar surface area (TPSA) is 3.24 Å². The van der Waals surface area contributed by atoms with E-state index in [-0.39, 0.29) is 0 Å². The molecule has 1 aliphatic heterocycles. The summed E-state index contributed by atoms with van der Waals surface area (Å²) in [6.07, 6.45) is 5.10. The molecule has 0 unspecified atom stereocenters. The normalized spacial score (nSPS) is 20.9. The van der Waals surface area contributed by atoms with Crippen LogP contribution < -0.4 is 0 Å². The molecular formula is C11H21N. The number of nitrogens with zero attached hydrogens (tertiary/aromatic N) is 1. The van der Waals surface area contributed by atoms with Crippen LogP contribution in [0.5, 0.6) is 0 Å². The molecule has 0 saturated carbocycles. The van der Waals surface area contributed by atoms with E-state index in [4.69, 9.17) is 0 Å². The van der Waals surface area contributed by atoms with Gasteiger partial charge < -0.3 is 0 Å². The van der Waals surface area contributed by atoms with E-state index in [1.807, 2.05) is 0 Å². The number of hydrogen-bond donors (Lipinski definition) is 0. The van der Waals surface area contributed by atoms with E-state index in [0.29, 0.717) is 0 Å². The molecule has 0 atom stereocenters. The summed E-state index contributed by atoms with van der Waals surface area (Å²) in [4.78, 5) is 2.55. The van der Waals surface area contributed by atoms with Crippen LogP contribution in [0.25, 0.3) is 0 Å². The molecule has 1 nitrogen and oxygen atoms in total. The van der Waals surface area contributed by atoms with E-state index >= 15 is 0 Å². The molecule has 12 heavy (non-hydrogen) atoms. The van der Waals surface area contributed by atoms with Gasteiger partial charge in [-0.1, -0.05) is 18.6 Å². The van der Waals surface area contributed by atoms with Gasteiger partial charge in [-0.3, -0.25) is 4.90 Å². The van der Waals surface area contributed by atoms with Crippen molar-refractivity contribution in [2.45, 2.75) is 33.6 Å². The highest BCUT2D eigenvalue weighted by Crippen LogP contribution is 2.15. The first-order chi connectivity index (χ1) is 5.68. The van der Waals surface area contributed by atoms with Crippen LogP contribution in [0.3, 0.4) is 0 Å². The maximum atomic E-state index is 2.55. The van der Waals surface area contributed by atoms with Gasteiger partial charge in [-0.15, -0.1) is 0 Å². The van der Waals surface area contributed by atoms with Gasteiger partial charge in [-0.05, 0) is 45.7 Å². The van der Waals surface area contributed by atoms with Crippen molar-refractivity contribution < 1.29 is 0 Å². The summed E-state index contributed by atoms with van der Waals surface area (Å²) in [6, 6.07) is 0. The molecule has 70 valence electrons. The van der Waals surface area contributed by atoms with Gasteiger partial charge in [-0.25, -0.2) is 0 Å². The number of allylic oxidation sites excluding steroid dienone is 1. The lowest BCUT2D eigenvalue weighted by molar-refractivity contribution is 0.210. The third-order valence-corrected chi connectivity index (χ3v) is 2.63. The van der Waals surface area contributed by atoms with Crippen molar-refractivity contribution in [3.05, 3.63) is 11.6 Å². The minimum atomic E-state index is 0.952. The van der Waals surface area contributed by atoms with Crippen molar-refractivity contribution in [1.82, 2.24) is 4.90 Å². The Balaban J connectivity index is 2.22. The predicted octanol–water partition coefficient (Wildman–Crippen LogP) is 2.68. The smallest absolute Gasteiger partial charge is 0.0165 e. The fraction of sp³-hybridized carbons (Fsp3) is 0.818. The van der Waals surface area contributed by atoms with E-state index in [9.17, 15) is 0 Å². The Labute approximate surface area is 76.5 Å². The third kappa shape index (κ3) is 3.40. The average molecular weight is 167 g/mol. The summed E-state index contributed by atoms with van der Waals surface area (Å²) < 4.78 is 0. The van der Waals surface area contributed by atoms with Crippen LogP contribution in [0.15, 0.2) is 11.6 Å². The first kappa shape index (κ1) is 9.79. The van der Waals surface area contributed by atoms with E-state index < -0.39 is 0 Å². The van der Waals surface area contributed by atoms with Crippen molar-refractivity contribution in [3.63, 3.8) is 0 Å². The van der Waals surface area contributed by atoms with Crippen LogP contribution in [0.4, 0.5) is 0 Å². The van der Waals surface area contributed by atoms with Crippen LogP contribution in [-0.2, 0) is 0 Å². The highest BCUT2D eigenvalue weighted by atomic mass is 15.1. The second-order valence-electron chi connectivity index (χ2n) is 4.26. The molecule has 1 fully saturated rings. The molecule has 0 aromatic carbocycles. The van der Waals surface area contributed by atoms with Gasteiger partial charge in [0.2, 0.25) is 0 Å². The molecule has 0 aliphatic carbocycles. The van der Waals surface area contributed by atoms with Crippen molar-refractivity contribution in [2.24, 2.45) is 5.92 Å². The molecule has 0 aromatic heterocycles. The van der Waals surface area contributed by atoms with Gasteiger partial charge in [-0.2, -0.15) is 0 Å². The predicted molar refractivity (Wildman–Crippen MR) is 54.3 cm³/mol. The summed E-state index contributed by atoms with van der Waals surface area (Å²) in [7, 11) is 0. The first-order valence-corrected chi connectivity index (χ1v) is 5.04. The summed E-state index contributed by atoms with van der Waals surface area (Å²) in [5, 5.41) is 0. The summed E-state index contributed by atoms with van der Waals surface area (Å²) in [5.41, 5.74) is 1.44. The number of hydrogen-bond acceptors (Lipinski definition) is 1. The van der Waals surface area contributed by atoms with Crippen LogP contribution in [0, 0.1) is 5.92 Å². The van der Waals surface area contributed by atoms with E-state index in [2.05, 4.69) is 31.7 Å². The molecule has 1 saturated heterocycles. The van der Waals surface area contributed by atoms with E-state index in [1.54, 1.807) is 0 Å². The zero-order chi connectivity index (χ0) is 8.97. The summed E-state index contributed by atoms with van der Waals surface area (Å²) in [5.74, 6) is 0.952. The Morgan fingerprint density at radius 2 is 1.92 bits per heavy atom. The van der Waals surface area contributed by atoms with Crippen LogP contribution in [0.1, 0.15) is 33.6 Å². The second-order valence-corrected chi connectivity index (χ2v) is 4.26. The van der Waals surface area contributed by atoms with Crippen LogP contribution in [0.2, 0.25) is 0 Å². The largest absolute Gasteiger partial charge is 0.300 e. The maximum absolute atomic E-state index is 2.55. The maximum Gasteiger partial charge on any atom is 0.0165 e. The fourth-order valence-corrected chi connectivity index (χ4v) is 1.56. The zero-order valence-electron chi connectivity index (χ0n) is 8.64. The summed E-state index contributed by atoms with van der Waals surface area (Å²) in [6.45, 7) is 10.5. The SMILES string of the molecule is CC(C)=CCN1CCC(C)CC1. The molecular weight excluding hydrogens is 146 g/mol. The molecule has 0 N–H and O–H groups in total. The highest BCUT2D eigenvalue weighted by Gasteiger charge is 2.13. The Kier molecular flexibility index (Phi) is 3.80. The van der Waals surface area contributed by atoms with Gasteiger partial charge in [0.25, 0.3) is 0 Å². The monoisotopic (exact) mass is 167 g/mol. The first-order valence-electron chi connectivity index (χ1n) is 5.04. The molecule has 0 bridgehead atoms. The average Bonchev–Trinajstić information content (AvgIpc) is 2.03. The van der Waals surface area contributed by atoms with Gasteiger partial charge >= 0.3 is 0 Å². The van der Waals surface area contributed by atoms with Gasteiger partial charge in [0.05, 0.1) is 0 Å². The molecule has 1 aliphatic rings. The minimum Gasteiger partial charge on any atom is -0.300 e. The van der Waals surface area contributed by atoms with Crippen molar-refractivity contribution in [3.8, 4) is 0 Å². The highest BCUT2D eigenvalue weighted by molar-refractivity contribution is 4.95. The van der Waals surface area contributed by atoms with E-state index in [1.165, 1.54) is 31.5 Å². The Morgan fingerprint density at radius 1 is 1.33 bits per heavy atom. The quantitative estimate of drug-likeness (QED) is 0.572. The number of rotatable bonds is 2. The fourth-order valence-electron chi connectivity index (χ4n) is 1.56. The number of likely N-dealkylation sites (tertiary alicyclic amines) is 1. The third-order valence-electron chi connectivity index (χ3n) is 2.63. The van der Waals surface area contributed by atoms with Crippen LogP contribution in [-0.4, -0.2) is 24.5 Å². The van der Waals surface area contributed by atoms with Gasteiger partial charge in [0, 0.05) is 6.54 Å². The Bertz CT molecular complexity index is 148.